The van der Waals surface area contributed by atoms with E-state index in [-0.39, 0.29) is 0 Å². The largest absolute Gasteiger partial charge is 0.327 e. The average Bonchev–Trinajstić information content (AvgIpc) is 1.78. The lowest BCUT2D eigenvalue weighted by Gasteiger charge is -2.22. The van der Waals surface area contributed by atoms with Crippen LogP contribution in [-0.4, -0.2) is 19.6 Å². The predicted molar refractivity (Wildman–Crippen MR) is 39.2 cm³/mol. The molecule has 1 fully saturated rings. The monoisotopic (exact) mass is 126 g/mol. The molecule has 1 aliphatic heterocycles. The van der Waals surface area contributed by atoms with E-state index in [1.165, 1.54) is 11.1 Å². The maximum absolute atomic E-state index is 5.51. The van der Waals surface area contributed by atoms with Gasteiger partial charge in [0.15, 0.2) is 0 Å². The van der Waals surface area contributed by atoms with E-state index in [2.05, 4.69) is 12.2 Å². The molecule has 9 heavy (non-hydrogen) atoms. The molecule has 0 saturated carbocycles. The zero-order chi connectivity index (χ0) is 6.69. The van der Waals surface area contributed by atoms with Gasteiger partial charge in [0.05, 0.1) is 0 Å². The Balaban J connectivity index is 2.51. The van der Waals surface area contributed by atoms with Crippen molar-refractivity contribution >= 4 is 0 Å². The highest BCUT2D eigenvalue weighted by Gasteiger charge is 2.10. The SMILES string of the molecule is CCC(CN)=C1CNC1. The van der Waals surface area contributed by atoms with E-state index in [9.17, 15) is 0 Å². The summed E-state index contributed by atoms with van der Waals surface area (Å²) in [6, 6.07) is 0. The number of nitrogens with two attached hydrogens (primary N) is 1. The molecular weight excluding hydrogens is 112 g/mol. The Morgan fingerprint density at radius 1 is 1.67 bits per heavy atom. The topological polar surface area (TPSA) is 38.0 Å². The first kappa shape index (κ1) is 6.78. The van der Waals surface area contributed by atoms with E-state index in [4.69, 9.17) is 5.73 Å². The van der Waals surface area contributed by atoms with Crippen LogP contribution in [-0.2, 0) is 0 Å². The lowest BCUT2D eigenvalue weighted by atomic mass is 10.0. The van der Waals surface area contributed by atoms with Crippen LogP contribution >= 0.6 is 0 Å². The van der Waals surface area contributed by atoms with E-state index < -0.39 is 0 Å². The van der Waals surface area contributed by atoms with E-state index >= 15 is 0 Å². The Bertz CT molecular complexity index is 115. The van der Waals surface area contributed by atoms with E-state index in [1.807, 2.05) is 0 Å². The molecule has 0 unspecified atom stereocenters. The minimum absolute atomic E-state index is 0.744. The summed E-state index contributed by atoms with van der Waals surface area (Å²) in [5, 5.41) is 3.20. The van der Waals surface area contributed by atoms with Crippen LogP contribution in [0.2, 0.25) is 0 Å². The second-order valence-corrected chi connectivity index (χ2v) is 2.37. The Morgan fingerprint density at radius 3 is 2.44 bits per heavy atom. The van der Waals surface area contributed by atoms with Crippen LogP contribution in [0.25, 0.3) is 0 Å². The number of nitrogens with one attached hydrogen (secondary N) is 1. The lowest BCUT2D eigenvalue weighted by molar-refractivity contribution is 0.648. The third-order valence-electron chi connectivity index (χ3n) is 1.85. The van der Waals surface area contributed by atoms with Crippen LogP contribution < -0.4 is 11.1 Å². The van der Waals surface area contributed by atoms with Crippen LogP contribution in [0.1, 0.15) is 13.3 Å². The first-order chi connectivity index (χ1) is 4.38. The van der Waals surface area contributed by atoms with Gasteiger partial charge in [0.1, 0.15) is 0 Å². The van der Waals surface area contributed by atoms with Gasteiger partial charge < -0.3 is 11.1 Å². The molecule has 1 rings (SSSR count). The molecule has 0 bridgehead atoms. The Labute approximate surface area is 56.1 Å². The second kappa shape index (κ2) is 2.99. The molecule has 3 N–H and O–H groups in total. The first-order valence-corrected chi connectivity index (χ1v) is 3.49. The van der Waals surface area contributed by atoms with Gasteiger partial charge in [-0.05, 0) is 12.0 Å². The maximum Gasteiger partial charge on any atom is 0.0183 e. The summed E-state index contributed by atoms with van der Waals surface area (Å²) in [5.41, 5.74) is 8.47. The molecule has 0 aromatic rings. The number of rotatable bonds is 2. The van der Waals surface area contributed by atoms with Crippen molar-refractivity contribution in [3.8, 4) is 0 Å². The van der Waals surface area contributed by atoms with Gasteiger partial charge in [0.2, 0.25) is 0 Å². The standard InChI is InChI=1S/C7H14N2/c1-2-6(3-8)7-4-9-5-7/h9H,2-5,8H2,1H3. The maximum atomic E-state index is 5.51. The van der Waals surface area contributed by atoms with Crippen LogP contribution in [0.3, 0.4) is 0 Å². The molecule has 0 aromatic carbocycles. The van der Waals surface area contributed by atoms with Crippen LogP contribution in [0.15, 0.2) is 11.1 Å². The fourth-order valence-electron chi connectivity index (χ4n) is 1.04. The quantitative estimate of drug-likeness (QED) is 0.521. The van der Waals surface area contributed by atoms with E-state index in [0.29, 0.717) is 0 Å². The van der Waals surface area contributed by atoms with Gasteiger partial charge in [-0.2, -0.15) is 0 Å². The smallest absolute Gasteiger partial charge is 0.0183 e. The highest BCUT2D eigenvalue weighted by molar-refractivity contribution is 5.23. The summed E-state index contributed by atoms with van der Waals surface area (Å²) < 4.78 is 0. The normalized spacial score (nSPS) is 17.3. The Hall–Kier alpha value is -0.340. The third kappa shape index (κ3) is 1.32. The molecule has 2 heteroatoms. The van der Waals surface area contributed by atoms with Gasteiger partial charge in [-0.25, -0.2) is 0 Å². The van der Waals surface area contributed by atoms with Gasteiger partial charge in [0, 0.05) is 19.6 Å². The summed E-state index contributed by atoms with van der Waals surface area (Å²) in [4.78, 5) is 0. The first-order valence-electron chi connectivity index (χ1n) is 3.49. The molecule has 1 heterocycles. The van der Waals surface area contributed by atoms with Crippen LogP contribution in [0, 0.1) is 0 Å². The van der Waals surface area contributed by atoms with E-state index in [0.717, 1.165) is 26.1 Å². The molecule has 0 atom stereocenters. The minimum atomic E-state index is 0.744. The molecule has 0 aliphatic carbocycles. The lowest BCUT2D eigenvalue weighted by Crippen LogP contribution is -2.35. The molecule has 0 radical (unpaired) electrons. The number of hydrogen-bond donors (Lipinski definition) is 2. The summed E-state index contributed by atoms with van der Waals surface area (Å²) >= 11 is 0. The third-order valence-corrected chi connectivity index (χ3v) is 1.85. The fraction of sp³-hybridized carbons (Fsp3) is 0.714. The van der Waals surface area contributed by atoms with Crippen molar-refractivity contribution in [1.82, 2.24) is 5.32 Å². The molecule has 1 saturated heterocycles. The van der Waals surface area contributed by atoms with Gasteiger partial charge in [-0.1, -0.05) is 12.5 Å². The highest BCUT2D eigenvalue weighted by Crippen LogP contribution is 2.10. The van der Waals surface area contributed by atoms with Gasteiger partial charge in [-0.15, -0.1) is 0 Å². The zero-order valence-corrected chi connectivity index (χ0v) is 5.91. The van der Waals surface area contributed by atoms with Crippen molar-refractivity contribution < 1.29 is 0 Å². The molecule has 2 nitrogen and oxygen atoms in total. The second-order valence-electron chi connectivity index (χ2n) is 2.37. The van der Waals surface area contributed by atoms with Crippen molar-refractivity contribution in [2.24, 2.45) is 5.73 Å². The molecule has 0 aromatic heterocycles. The zero-order valence-electron chi connectivity index (χ0n) is 5.91. The molecule has 0 spiro atoms. The molecule has 1 aliphatic rings. The summed E-state index contributed by atoms with van der Waals surface area (Å²) in [5.74, 6) is 0. The van der Waals surface area contributed by atoms with Crippen molar-refractivity contribution in [3.05, 3.63) is 11.1 Å². The average molecular weight is 126 g/mol. The van der Waals surface area contributed by atoms with Crippen molar-refractivity contribution in [1.29, 1.82) is 0 Å². The summed E-state index contributed by atoms with van der Waals surface area (Å²) in [7, 11) is 0. The Morgan fingerprint density at radius 2 is 2.33 bits per heavy atom. The highest BCUT2D eigenvalue weighted by atomic mass is 14.9. The molecule has 0 amide bonds. The Kier molecular flexibility index (Phi) is 2.25. The molecular formula is C7H14N2. The number of hydrogen-bond acceptors (Lipinski definition) is 2. The summed E-state index contributed by atoms with van der Waals surface area (Å²) in [6.07, 6.45) is 1.12. The van der Waals surface area contributed by atoms with Crippen molar-refractivity contribution in [2.75, 3.05) is 19.6 Å². The predicted octanol–water partition coefficient (Wildman–Crippen LogP) is 0.255. The molecule has 52 valence electrons. The van der Waals surface area contributed by atoms with Crippen molar-refractivity contribution in [3.63, 3.8) is 0 Å². The van der Waals surface area contributed by atoms with Gasteiger partial charge in [0.25, 0.3) is 0 Å². The minimum Gasteiger partial charge on any atom is -0.327 e. The fourth-order valence-corrected chi connectivity index (χ4v) is 1.04. The van der Waals surface area contributed by atoms with E-state index in [1.54, 1.807) is 0 Å². The van der Waals surface area contributed by atoms with Crippen molar-refractivity contribution in [2.45, 2.75) is 13.3 Å². The van der Waals surface area contributed by atoms with Gasteiger partial charge in [-0.3, -0.25) is 0 Å². The van der Waals surface area contributed by atoms with Crippen LogP contribution in [0.5, 0.6) is 0 Å². The summed E-state index contributed by atoms with van der Waals surface area (Å²) in [6.45, 7) is 5.04. The van der Waals surface area contributed by atoms with Gasteiger partial charge >= 0.3 is 0 Å². The van der Waals surface area contributed by atoms with Crippen LogP contribution in [0.4, 0.5) is 0 Å².